The zero-order valence-electron chi connectivity index (χ0n) is 12.1. The highest BCUT2D eigenvalue weighted by Crippen LogP contribution is 2.25. The molecule has 4 aromatic rings. The minimum Gasteiger partial charge on any atom is -0.281 e. The molecule has 3 heteroatoms. The minimum absolute atomic E-state index is 0.968. The SMILES string of the molecule is CCCCc1cccc2nc3c4ccccc4cnc3n12. The third-order valence-electron chi connectivity index (χ3n) is 4.03. The van der Waals surface area contributed by atoms with E-state index in [1.165, 1.54) is 23.9 Å². The van der Waals surface area contributed by atoms with Crippen molar-refractivity contribution in [2.45, 2.75) is 26.2 Å². The van der Waals surface area contributed by atoms with Crippen LogP contribution in [0.15, 0.2) is 48.7 Å². The molecule has 4 rings (SSSR count). The van der Waals surface area contributed by atoms with Gasteiger partial charge >= 0.3 is 0 Å². The van der Waals surface area contributed by atoms with E-state index in [4.69, 9.17) is 4.98 Å². The molecular weight excluding hydrogens is 258 g/mol. The summed E-state index contributed by atoms with van der Waals surface area (Å²) in [5.74, 6) is 0. The molecule has 0 radical (unpaired) electrons. The van der Waals surface area contributed by atoms with Crippen molar-refractivity contribution >= 4 is 27.6 Å². The van der Waals surface area contributed by atoms with Gasteiger partial charge in [0.1, 0.15) is 11.2 Å². The Bertz CT molecular complexity index is 937. The van der Waals surface area contributed by atoms with E-state index in [0.717, 1.165) is 28.6 Å². The molecular formula is C18H17N3. The second kappa shape index (κ2) is 4.85. The fraction of sp³-hybridized carbons (Fsp3) is 0.222. The average Bonchev–Trinajstić information content (AvgIpc) is 2.92. The van der Waals surface area contributed by atoms with Crippen molar-refractivity contribution in [1.82, 2.24) is 14.4 Å². The molecule has 0 unspecified atom stereocenters. The summed E-state index contributed by atoms with van der Waals surface area (Å²) in [5.41, 5.74) is 4.24. The van der Waals surface area contributed by atoms with Crippen molar-refractivity contribution in [3.8, 4) is 0 Å². The Kier molecular flexibility index (Phi) is 2.85. The topological polar surface area (TPSA) is 30.2 Å². The number of unbranched alkanes of at least 4 members (excludes halogenated alkanes) is 1. The van der Waals surface area contributed by atoms with Crippen molar-refractivity contribution in [2.24, 2.45) is 0 Å². The van der Waals surface area contributed by atoms with Crippen molar-refractivity contribution < 1.29 is 0 Å². The molecule has 0 bridgehead atoms. The molecule has 0 spiro atoms. The molecule has 0 atom stereocenters. The van der Waals surface area contributed by atoms with Crippen LogP contribution in [0.3, 0.4) is 0 Å². The fourth-order valence-corrected chi connectivity index (χ4v) is 2.95. The van der Waals surface area contributed by atoms with Gasteiger partial charge in [0.15, 0.2) is 5.65 Å². The van der Waals surface area contributed by atoms with Gasteiger partial charge in [0.2, 0.25) is 0 Å². The normalized spacial score (nSPS) is 11.7. The standard InChI is InChI=1S/C18H17N3/c1-2-3-8-14-9-6-11-16-20-17-15-10-5-4-7-13(15)12-19-18(17)21(14)16/h4-7,9-12H,2-3,8H2,1H3. The maximum absolute atomic E-state index is 4.81. The van der Waals surface area contributed by atoms with Gasteiger partial charge in [0.05, 0.1) is 0 Å². The van der Waals surface area contributed by atoms with Crippen LogP contribution < -0.4 is 0 Å². The smallest absolute Gasteiger partial charge is 0.165 e. The number of aromatic nitrogens is 3. The van der Waals surface area contributed by atoms with Crippen LogP contribution in [0.4, 0.5) is 0 Å². The van der Waals surface area contributed by atoms with Gasteiger partial charge in [0.25, 0.3) is 0 Å². The molecule has 0 aliphatic rings. The van der Waals surface area contributed by atoms with E-state index >= 15 is 0 Å². The number of hydrogen-bond donors (Lipinski definition) is 0. The molecule has 3 heterocycles. The first-order valence-electron chi connectivity index (χ1n) is 7.52. The largest absolute Gasteiger partial charge is 0.281 e. The molecule has 0 fully saturated rings. The number of imidazole rings is 1. The highest BCUT2D eigenvalue weighted by molar-refractivity contribution is 6.03. The highest BCUT2D eigenvalue weighted by atomic mass is 15.1. The Hall–Kier alpha value is -2.42. The summed E-state index contributed by atoms with van der Waals surface area (Å²) < 4.78 is 2.21. The van der Waals surface area contributed by atoms with Crippen molar-refractivity contribution in [3.63, 3.8) is 0 Å². The fourth-order valence-electron chi connectivity index (χ4n) is 2.95. The van der Waals surface area contributed by atoms with Gasteiger partial charge in [-0.25, -0.2) is 9.97 Å². The van der Waals surface area contributed by atoms with Crippen LogP contribution in [0.25, 0.3) is 27.6 Å². The van der Waals surface area contributed by atoms with Crippen molar-refractivity contribution in [1.29, 1.82) is 0 Å². The molecule has 1 aromatic carbocycles. The Balaban J connectivity index is 2.09. The third kappa shape index (κ3) is 1.88. The lowest BCUT2D eigenvalue weighted by molar-refractivity contribution is 0.769. The number of fused-ring (bicyclic) bond motifs is 5. The van der Waals surface area contributed by atoms with Crippen LogP contribution in [0.1, 0.15) is 25.5 Å². The number of pyridine rings is 2. The monoisotopic (exact) mass is 275 g/mol. The van der Waals surface area contributed by atoms with Gasteiger partial charge in [-0.3, -0.25) is 4.40 Å². The molecule has 3 nitrogen and oxygen atoms in total. The summed E-state index contributed by atoms with van der Waals surface area (Å²) >= 11 is 0. The first-order valence-corrected chi connectivity index (χ1v) is 7.52. The summed E-state index contributed by atoms with van der Waals surface area (Å²) in [4.78, 5) is 9.48. The Morgan fingerprint density at radius 1 is 1.05 bits per heavy atom. The van der Waals surface area contributed by atoms with Crippen LogP contribution >= 0.6 is 0 Å². The number of rotatable bonds is 3. The first kappa shape index (κ1) is 12.3. The lowest BCUT2D eigenvalue weighted by Gasteiger charge is -2.05. The number of aryl methyl sites for hydroxylation is 1. The van der Waals surface area contributed by atoms with E-state index < -0.39 is 0 Å². The number of hydrogen-bond acceptors (Lipinski definition) is 2. The zero-order chi connectivity index (χ0) is 14.2. The van der Waals surface area contributed by atoms with E-state index in [9.17, 15) is 0 Å². The van der Waals surface area contributed by atoms with Crippen LogP contribution in [0.5, 0.6) is 0 Å². The lowest BCUT2D eigenvalue weighted by Crippen LogP contribution is -1.97. The van der Waals surface area contributed by atoms with Gasteiger partial charge in [-0.15, -0.1) is 0 Å². The van der Waals surface area contributed by atoms with Gasteiger partial charge in [0, 0.05) is 22.7 Å². The van der Waals surface area contributed by atoms with E-state index in [0.29, 0.717) is 0 Å². The minimum atomic E-state index is 0.968. The summed E-state index contributed by atoms with van der Waals surface area (Å²) in [5, 5.41) is 2.32. The molecule has 104 valence electrons. The van der Waals surface area contributed by atoms with E-state index in [1.807, 2.05) is 12.3 Å². The molecule has 0 aliphatic heterocycles. The average molecular weight is 275 g/mol. The second-order valence-corrected chi connectivity index (χ2v) is 5.44. The molecule has 0 saturated heterocycles. The van der Waals surface area contributed by atoms with Gasteiger partial charge in [-0.05, 0) is 25.0 Å². The molecule has 0 N–H and O–H groups in total. The number of nitrogens with zero attached hydrogens (tertiary/aromatic N) is 3. The molecule has 0 saturated carbocycles. The van der Waals surface area contributed by atoms with E-state index in [1.54, 1.807) is 0 Å². The van der Waals surface area contributed by atoms with Gasteiger partial charge in [-0.1, -0.05) is 43.7 Å². The summed E-state index contributed by atoms with van der Waals surface area (Å²) in [6.07, 6.45) is 5.39. The maximum atomic E-state index is 4.81. The highest BCUT2D eigenvalue weighted by Gasteiger charge is 2.11. The molecule has 21 heavy (non-hydrogen) atoms. The molecule has 0 amide bonds. The lowest BCUT2D eigenvalue weighted by atomic mass is 10.1. The van der Waals surface area contributed by atoms with Crippen molar-refractivity contribution in [3.05, 3.63) is 54.4 Å². The first-order chi connectivity index (χ1) is 10.4. The van der Waals surface area contributed by atoms with E-state index in [2.05, 4.69) is 52.7 Å². The predicted molar refractivity (Wildman–Crippen MR) is 86.6 cm³/mol. The number of benzene rings is 1. The molecule has 0 aliphatic carbocycles. The zero-order valence-corrected chi connectivity index (χ0v) is 12.1. The summed E-state index contributed by atoms with van der Waals surface area (Å²) in [7, 11) is 0. The Morgan fingerprint density at radius 3 is 2.86 bits per heavy atom. The summed E-state index contributed by atoms with van der Waals surface area (Å²) in [6, 6.07) is 14.6. The maximum Gasteiger partial charge on any atom is 0.165 e. The van der Waals surface area contributed by atoms with Crippen LogP contribution in [-0.2, 0) is 6.42 Å². The quantitative estimate of drug-likeness (QED) is 0.555. The third-order valence-corrected chi connectivity index (χ3v) is 4.03. The van der Waals surface area contributed by atoms with Gasteiger partial charge < -0.3 is 0 Å². The Labute approximate surface area is 123 Å². The van der Waals surface area contributed by atoms with Crippen LogP contribution in [-0.4, -0.2) is 14.4 Å². The molecule has 3 aromatic heterocycles. The predicted octanol–water partition coefficient (Wildman–Crippen LogP) is 4.38. The summed E-state index contributed by atoms with van der Waals surface area (Å²) in [6.45, 7) is 2.22. The van der Waals surface area contributed by atoms with Crippen LogP contribution in [0, 0.1) is 0 Å². The van der Waals surface area contributed by atoms with Crippen LogP contribution in [0.2, 0.25) is 0 Å². The second-order valence-electron chi connectivity index (χ2n) is 5.44. The van der Waals surface area contributed by atoms with Gasteiger partial charge in [-0.2, -0.15) is 0 Å². The Morgan fingerprint density at radius 2 is 1.95 bits per heavy atom. The van der Waals surface area contributed by atoms with E-state index in [-0.39, 0.29) is 0 Å². The van der Waals surface area contributed by atoms with Crippen molar-refractivity contribution in [2.75, 3.05) is 0 Å².